The van der Waals surface area contributed by atoms with Gasteiger partial charge in [-0.1, -0.05) is 35.3 Å². The van der Waals surface area contributed by atoms with E-state index in [0.29, 0.717) is 10.8 Å². The van der Waals surface area contributed by atoms with Crippen molar-refractivity contribution in [1.82, 2.24) is 24.7 Å². The van der Waals surface area contributed by atoms with Crippen LogP contribution in [0.25, 0.3) is 22.2 Å². The maximum absolute atomic E-state index is 12.4. The molecule has 0 unspecified atom stereocenters. The molecule has 0 spiro atoms. The van der Waals surface area contributed by atoms with Gasteiger partial charge in [-0.2, -0.15) is 5.10 Å². The maximum atomic E-state index is 12.4. The van der Waals surface area contributed by atoms with Gasteiger partial charge in [0.1, 0.15) is 22.9 Å². The Morgan fingerprint density at radius 2 is 1.94 bits per heavy atom. The number of aromatic amines is 1. The van der Waals surface area contributed by atoms with Gasteiger partial charge in [-0.05, 0) is 49.7 Å². The number of aromatic nitrogens is 5. The molecule has 0 aliphatic heterocycles. The Labute approximate surface area is 211 Å². The zero-order valence-electron chi connectivity index (χ0n) is 19.0. The number of halogens is 2. The van der Waals surface area contributed by atoms with E-state index in [1.807, 2.05) is 44.2 Å². The number of hydrogen-bond acceptors (Lipinski definition) is 5. The van der Waals surface area contributed by atoms with E-state index in [-0.39, 0.29) is 23.7 Å². The molecule has 5 aromatic rings. The molecule has 0 amide bonds. The van der Waals surface area contributed by atoms with Gasteiger partial charge >= 0.3 is 0 Å². The largest absolute Gasteiger partial charge is 0.487 e. The number of rotatable bonds is 6. The number of hydrogen-bond donors (Lipinski definition) is 1. The van der Waals surface area contributed by atoms with E-state index in [1.54, 1.807) is 30.7 Å². The summed E-state index contributed by atoms with van der Waals surface area (Å²) in [5.41, 5.74) is 5.58. The van der Waals surface area contributed by atoms with Crippen LogP contribution in [-0.2, 0) is 13.2 Å². The number of benzene rings is 1. The third-order valence-electron chi connectivity index (χ3n) is 5.84. The first-order valence-electron chi connectivity index (χ1n) is 10.9. The summed E-state index contributed by atoms with van der Waals surface area (Å²) < 4.78 is 7.84. The minimum absolute atomic E-state index is 0.170. The molecule has 176 valence electrons. The molecular formula is C26H21Cl2N5O2. The van der Waals surface area contributed by atoms with Crippen LogP contribution in [0.15, 0.2) is 65.8 Å². The van der Waals surface area contributed by atoms with Crippen LogP contribution in [0.2, 0.25) is 10.0 Å². The SMILES string of the molecule is Cc1cc(-c2[nH]ncc2Cl)c2cccc(OCc3c(C)ccnc3Cn3cccc(Cl)c3=O)c2n1. The Morgan fingerprint density at radius 3 is 2.74 bits per heavy atom. The number of nitrogens with one attached hydrogen (secondary N) is 1. The zero-order valence-corrected chi connectivity index (χ0v) is 20.6. The van der Waals surface area contributed by atoms with Crippen molar-refractivity contribution in [1.29, 1.82) is 0 Å². The molecule has 0 aliphatic carbocycles. The van der Waals surface area contributed by atoms with Gasteiger partial charge in [0.2, 0.25) is 0 Å². The summed E-state index contributed by atoms with van der Waals surface area (Å²) in [7, 11) is 0. The summed E-state index contributed by atoms with van der Waals surface area (Å²) in [5, 5.41) is 8.62. The fraction of sp³-hybridized carbons (Fsp3) is 0.154. The van der Waals surface area contributed by atoms with Gasteiger partial charge in [-0.25, -0.2) is 4.98 Å². The predicted octanol–water partition coefficient (Wildman–Crippen LogP) is 5.73. The Kier molecular flexibility index (Phi) is 6.28. The summed E-state index contributed by atoms with van der Waals surface area (Å²) in [6.45, 7) is 4.47. The number of fused-ring (bicyclic) bond motifs is 1. The van der Waals surface area contributed by atoms with Gasteiger partial charge in [0.25, 0.3) is 5.56 Å². The van der Waals surface area contributed by atoms with Gasteiger partial charge in [0.05, 0.1) is 29.2 Å². The molecule has 1 aromatic carbocycles. The van der Waals surface area contributed by atoms with Gasteiger partial charge < -0.3 is 9.30 Å². The van der Waals surface area contributed by atoms with Gasteiger partial charge in [-0.3, -0.25) is 14.9 Å². The molecule has 4 heterocycles. The van der Waals surface area contributed by atoms with E-state index in [0.717, 1.165) is 44.7 Å². The van der Waals surface area contributed by atoms with Gasteiger partial charge in [0, 0.05) is 34.6 Å². The van der Waals surface area contributed by atoms with Crippen LogP contribution in [0.4, 0.5) is 0 Å². The number of aryl methyl sites for hydroxylation is 2. The molecule has 35 heavy (non-hydrogen) atoms. The molecule has 0 saturated carbocycles. The molecule has 1 N–H and O–H groups in total. The average molecular weight is 506 g/mol. The molecule has 7 nitrogen and oxygen atoms in total. The van der Waals surface area contributed by atoms with Crippen LogP contribution in [-0.4, -0.2) is 24.7 Å². The first-order chi connectivity index (χ1) is 16.9. The Morgan fingerprint density at radius 1 is 1.09 bits per heavy atom. The van der Waals surface area contributed by atoms with E-state index < -0.39 is 0 Å². The van der Waals surface area contributed by atoms with Crippen molar-refractivity contribution in [2.24, 2.45) is 0 Å². The summed E-state index contributed by atoms with van der Waals surface area (Å²) >= 11 is 12.4. The highest BCUT2D eigenvalue weighted by atomic mass is 35.5. The molecule has 5 rings (SSSR count). The first kappa shape index (κ1) is 23.1. The van der Waals surface area contributed by atoms with Crippen LogP contribution in [0.1, 0.15) is 22.5 Å². The summed E-state index contributed by atoms with van der Waals surface area (Å²) in [4.78, 5) is 21.7. The van der Waals surface area contributed by atoms with Crippen molar-refractivity contribution < 1.29 is 4.74 Å². The molecule has 9 heteroatoms. The van der Waals surface area contributed by atoms with Crippen LogP contribution in [0, 0.1) is 13.8 Å². The molecular weight excluding hydrogens is 485 g/mol. The van der Waals surface area contributed by atoms with Crippen LogP contribution in [0.5, 0.6) is 5.75 Å². The monoisotopic (exact) mass is 505 g/mol. The van der Waals surface area contributed by atoms with Crippen LogP contribution < -0.4 is 10.3 Å². The lowest BCUT2D eigenvalue weighted by atomic mass is 10.0. The zero-order chi connectivity index (χ0) is 24.5. The Hall–Kier alpha value is -3.68. The minimum Gasteiger partial charge on any atom is -0.487 e. The van der Waals surface area contributed by atoms with E-state index in [9.17, 15) is 4.79 Å². The number of nitrogens with zero attached hydrogens (tertiary/aromatic N) is 4. The van der Waals surface area contributed by atoms with E-state index in [4.69, 9.17) is 32.9 Å². The topological polar surface area (TPSA) is 85.7 Å². The maximum Gasteiger partial charge on any atom is 0.269 e. The lowest BCUT2D eigenvalue weighted by Crippen LogP contribution is -2.21. The fourth-order valence-electron chi connectivity index (χ4n) is 4.06. The molecule has 0 atom stereocenters. The van der Waals surface area contributed by atoms with Crippen molar-refractivity contribution in [2.75, 3.05) is 0 Å². The van der Waals surface area contributed by atoms with Crippen molar-refractivity contribution in [2.45, 2.75) is 27.0 Å². The molecule has 0 radical (unpaired) electrons. The minimum atomic E-state index is -0.261. The first-order valence-corrected chi connectivity index (χ1v) is 11.7. The fourth-order valence-corrected chi connectivity index (χ4v) is 4.43. The Bertz CT molecular complexity index is 1610. The lowest BCUT2D eigenvalue weighted by molar-refractivity contribution is 0.306. The number of ether oxygens (including phenoxy) is 1. The van der Waals surface area contributed by atoms with Crippen molar-refractivity contribution in [3.8, 4) is 17.0 Å². The second-order valence-corrected chi connectivity index (χ2v) is 9.00. The number of H-pyrrole nitrogens is 1. The lowest BCUT2D eigenvalue weighted by Gasteiger charge is -2.16. The number of para-hydroxylation sites is 1. The summed E-state index contributed by atoms with van der Waals surface area (Å²) in [6, 6.07) is 13.0. The quantitative estimate of drug-likeness (QED) is 0.318. The molecule has 0 bridgehead atoms. The predicted molar refractivity (Wildman–Crippen MR) is 137 cm³/mol. The normalized spacial score (nSPS) is 11.2. The van der Waals surface area contributed by atoms with E-state index >= 15 is 0 Å². The highest BCUT2D eigenvalue weighted by Crippen LogP contribution is 2.35. The van der Waals surface area contributed by atoms with E-state index in [2.05, 4.69) is 15.2 Å². The summed E-state index contributed by atoms with van der Waals surface area (Å²) in [5.74, 6) is 0.636. The van der Waals surface area contributed by atoms with E-state index in [1.165, 1.54) is 4.57 Å². The second kappa shape index (κ2) is 9.52. The second-order valence-electron chi connectivity index (χ2n) is 8.19. The standard InChI is InChI=1S/C26H21Cl2N5O2/c1-15-8-9-29-22(13-33-10-4-6-20(27)26(33)34)19(15)14-35-23-7-3-5-17-18(11-16(2)31-25(17)23)24-21(28)12-30-32-24/h3-12H,13-14H2,1-2H3,(H,30,32). The molecule has 0 aliphatic rings. The van der Waals surface area contributed by atoms with Gasteiger partial charge in [-0.15, -0.1) is 0 Å². The van der Waals surface area contributed by atoms with Gasteiger partial charge in [0.15, 0.2) is 0 Å². The third-order valence-corrected chi connectivity index (χ3v) is 6.41. The number of pyridine rings is 3. The van der Waals surface area contributed by atoms with Crippen LogP contribution >= 0.6 is 23.2 Å². The molecule has 4 aromatic heterocycles. The highest BCUT2D eigenvalue weighted by Gasteiger charge is 2.16. The van der Waals surface area contributed by atoms with Crippen molar-refractivity contribution >= 4 is 34.1 Å². The average Bonchev–Trinajstić information content (AvgIpc) is 3.27. The molecule has 0 fully saturated rings. The molecule has 0 saturated heterocycles. The smallest absolute Gasteiger partial charge is 0.269 e. The van der Waals surface area contributed by atoms with Crippen molar-refractivity contribution in [3.63, 3.8) is 0 Å². The Balaban J connectivity index is 1.51. The van der Waals surface area contributed by atoms with Crippen LogP contribution in [0.3, 0.4) is 0 Å². The third kappa shape index (κ3) is 4.52. The highest BCUT2D eigenvalue weighted by molar-refractivity contribution is 6.33. The van der Waals surface area contributed by atoms with Crippen molar-refractivity contribution in [3.05, 3.63) is 104 Å². The summed E-state index contributed by atoms with van der Waals surface area (Å²) in [6.07, 6.45) is 5.01.